The van der Waals surface area contributed by atoms with Gasteiger partial charge in [-0.3, -0.25) is 4.79 Å². The minimum Gasteiger partial charge on any atom is -0.341 e. The highest BCUT2D eigenvalue weighted by atomic mass is 16.2. The van der Waals surface area contributed by atoms with Gasteiger partial charge in [-0.1, -0.05) is 18.2 Å². The van der Waals surface area contributed by atoms with Gasteiger partial charge in [-0.15, -0.1) is 0 Å². The number of aryl methyl sites for hydroxylation is 2. The van der Waals surface area contributed by atoms with Gasteiger partial charge in [0.2, 0.25) is 0 Å². The molecule has 1 aliphatic rings. The number of imidazole rings is 1. The summed E-state index contributed by atoms with van der Waals surface area (Å²) in [7, 11) is 0. The second kappa shape index (κ2) is 6.71. The second-order valence-corrected chi connectivity index (χ2v) is 6.69. The smallest absolute Gasteiger partial charge is 0.254 e. The van der Waals surface area contributed by atoms with Gasteiger partial charge in [0, 0.05) is 29.7 Å². The van der Waals surface area contributed by atoms with E-state index in [2.05, 4.69) is 15.0 Å². The fraction of sp³-hybridized carbons (Fsp3) is 0.300. The highest BCUT2D eigenvalue weighted by Gasteiger charge is 2.33. The molecule has 1 unspecified atom stereocenters. The Balaban J connectivity index is 1.68. The molecule has 1 aliphatic heterocycles. The molecule has 6 nitrogen and oxygen atoms in total. The summed E-state index contributed by atoms with van der Waals surface area (Å²) in [5, 5.41) is 0. The van der Waals surface area contributed by atoms with Crippen molar-refractivity contribution in [3.05, 3.63) is 65.4 Å². The van der Waals surface area contributed by atoms with Crippen LogP contribution in [0.1, 0.15) is 46.5 Å². The van der Waals surface area contributed by atoms with E-state index in [0.29, 0.717) is 11.4 Å². The van der Waals surface area contributed by atoms with E-state index in [9.17, 15) is 4.79 Å². The van der Waals surface area contributed by atoms with E-state index in [1.165, 1.54) is 0 Å². The van der Waals surface area contributed by atoms with Gasteiger partial charge in [0.25, 0.3) is 5.91 Å². The summed E-state index contributed by atoms with van der Waals surface area (Å²) < 4.78 is 0. The van der Waals surface area contributed by atoms with E-state index >= 15 is 0 Å². The van der Waals surface area contributed by atoms with Crippen molar-refractivity contribution in [3.63, 3.8) is 0 Å². The van der Waals surface area contributed by atoms with Crippen molar-refractivity contribution >= 4 is 5.91 Å². The lowest BCUT2D eigenvalue weighted by Gasteiger charge is -2.24. The lowest BCUT2D eigenvalue weighted by molar-refractivity contribution is 0.0729. The van der Waals surface area contributed by atoms with Crippen molar-refractivity contribution in [2.75, 3.05) is 6.54 Å². The molecule has 0 aliphatic carbocycles. The first-order valence-corrected chi connectivity index (χ1v) is 8.85. The number of amides is 1. The zero-order valence-electron chi connectivity index (χ0n) is 14.9. The number of nitrogens with zero attached hydrogens (tertiary/aromatic N) is 4. The number of carbonyl (C=O) groups is 1. The number of hydrogen-bond acceptors (Lipinski definition) is 4. The van der Waals surface area contributed by atoms with Gasteiger partial charge >= 0.3 is 0 Å². The molecular formula is C20H21N5O. The molecule has 1 amide bonds. The number of rotatable bonds is 3. The molecule has 1 fully saturated rings. The fourth-order valence-corrected chi connectivity index (χ4v) is 3.43. The Bertz CT molecular complexity index is 934. The maximum Gasteiger partial charge on any atom is 0.254 e. The van der Waals surface area contributed by atoms with Crippen molar-refractivity contribution in [2.45, 2.75) is 32.7 Å². The van der Waals surface area contributed by atoms with Crippen LogP contribution in [-0.4, -0.2) is 37.3 Å². The van der Waals surface area contributed by atoms with Crippen LogP contribution in [0.5, 0.6) is 0 Å². The third-order valence-electron chi connectivity index (χ3n) is 4.65. The van der Waals surface area contributed by atoms with Gasteiger partial charge in [0.05, 0.1) is 6.04 Å². The SMILES string of the molecule is Cc1cc(-c2ncc(C)[nH]2)nc(C2CCCN2C(=O)c2ccccc2)n1. The molecule has 0 saturated carbocycles. The number of nitrogens with one attached hydrogen (secondary N) is 1. The third kappa shape index (κ3) is 3.10. The molecule has 132 valence electrons. The zero-order valence-corrected chi connectivity index (χ0v) is 14.9. The van der Waals surface area contributed by atoms with Crippen LogP contribution in [0.15, 0.2) is 42.6 Å². The summed E-state index contributed by atoms with van der Waals surface area (Å²) >= 11 is 0. The number of likely N-dealkylation sites (tertiary alicyclic amines) is 1. The third-order valence-corrected chi connectivity index (χ3v) is 4.65. The van der Waals surface area contributed by atoms with Crippen LogP contribution < -0.4 is 0 Å². The van der Waals surface area contributed by atoms with Crippen molar-refractivity contribution < 1.29 is 4.79 Å². The predicted octanol–water partition coefficient (Wildman–Crippen LogP) is 3.46. The van der Waals surface area contributed by atoms with E-state index in [-0.39, 0.29) is 11.9 Å². The second-order valence-electron chi connectivity index (χ2n) is 6.69. The molecule has 1 saturated heterocycles. The average molecular weight is 347 g/mol. The predicted molar refractivity (Wildman–Crippen MR) is 98.5 cm³/mol. The minimum atomic E-state index is -0.0996. The lowest BCUT2D eigenvalue weighted by atomic mass is 10.1. The van der Waals surface area contributed by atoms with Crippen molar-refractivity contribution in [2.24, 2.45) is 0 Å². The largest absolute Gasteiger partial charge is 0.341 e. The van der Waals surface area contributed by atoms with Crippen LogP contribution in [0.2, 0.25) is 0 Å². The molecule has 1 atom stereocenters. The van der Waals surface area contributed by atoms with Gasteiger partial charge in [-0.2, -0.15) is 0 Å². The van der Waals surface area contributed by atoms with Crippen LogP contribution in [0.25, 0.3) is 11.5 Å². The standard InChI is InChI=1S/C20H21N5O/c1-13-11-16(18-21-12-14(2)23-18)24-19(22-13)17-9-6-10-25(17)20(26)15-7-4-3-5-8-15/h3-5,7-8,11-12,17H,6,9-10H2,1-2H3,(H,21,23). The monoisotopic (exact) mass is 347 g/mol. The number of hydrogen-bond donors (Lipinski definition) is 1. The molecule has 0 radical (unpaired) electrons. The maximum atomic E-state index is 12.9. The quantitative estimate of drug-likeness (QED) is 0.787. The van der Waals surface area contributed by atoms with E-state index in [0.717, 1.165) is 42.3 Å². The summed E-state index contributed by atoms with van der Waals surface area (Å²) in [5.74, 6) is 1.46. The lowest BCUT2D eigenvalue weighted by Crippen LogP contribution is -2.31. The molecule has 3 heterocycles. The molecule has 2 aromatic heterocycles. The van der Waals surface area contributed by atoms with Gasteiger partial charge in [-0.25, -0.2) is 15.0 Å². The van der Waals surface area contributed by atoms with Crippen LogP contribution >= 0.6 is 0 Å². The minimum absolute atomic E-state index is 0.0357. The van der Waals surface area contributed by atoms with Crippen LogP contribution in [0.4, 0.5) is 0 Å². The number of aromatic nitrogens is 4. The van der Waals surface area contributed by atoms with Crippen molar-refractivity contribution in [1.29, 1.82) is 0 Å². The number of aromatic amines is 1. The molecule has 4 rings (SSSR count). The fourth-order valence-electron chi connectivity index (χ4n) is 3.43. The van der Waals surface area contributed by atoms with Crippen LogP contribution in [-0.2, 0) is 0 Å². The van der Waals surface area contributed by atoms with Crippen LogP contribution in [0.3, 0.4) is 0 Å². The maximum absolute atomic E-state index is 12.9. The highest BCUT2D eigenvalue weighted by Crippen LogP contribution is 2.32. The molecule has 26 heavy (non-hydrogen) atoms. The summed E-state index contributed by atoms with van der Waals surface area (Å²) in [4.78, 5) is 31.8. The number of H-pyrrole nitrogens is 1. The zero-order chi connectivity index (χ0) is 18.1. The van der Waals surface area contributed by atoms with E-state index in [1.54, 1.807) is 6.20 Å². The number of carbonyl (C=O) groups excluding carboxylic acids is 1. The Labute approximate surface area is 152 Å². The molecule has 1 N–H and O–H groups in total. The summed E-state index contributed by atoms with van der Waals surface area (Å²) in [6.07, 6.45) is 3.61. The Morgan fingerprint density at radius 2 is 2.00 bits per heavy atom. The van der Waals surface area contributed by atoms with Crippen molar-refractivity contribution in [1.82, 2.24) is 24.8 Å². The van der Waals surface area contributed by atoms with Gasteiger partial charge in [-0.05, 0) is 44.9 Å². The number of benzene rings is 1. The highest BCUT2D eigenvalue weighted by molar-refractivity contribution is 5.94. The van der Waals surface area contributed by atoms with Gasteiger partial charge in [0.15, 0.2) is 11.6 Å². The van der Waals surface area contributed by atoms with Crippen molar-refractivity contribution in [3.8, 4) is 11.5 Å². The first-order valence-electron chi connectivity index (χ1n) is 8.85. The Kier molecular flexibility index (Phi) is 4.24. The summed E-state index contributed by atoms with van der Waals surface area (Å²) in [6.45, 7) is 4.64. The molecule has 0 bridgehead atoms. The Hall–Kier alpha value is -3.02. The summed E-state index contributed by atoms with van der Waals surface area (Å²) in [5.41, 5.74) is 3.33. The van der Waals surface area contributed by atoms with Gasteiger partial charge < -0.3 is 9.88 Å². The van der Waals surface area contributed by atoms with E-state index < -0.39 is 0 Å². The average Bonchev–Trinajstić information content (AvgIpc) is 3.30. The normalized spacial score (nSPS) is 16.8. The van der Waals surface area contributed by atoms with Gasteiger partial charge in [0.1, 0.15) is 5.69 Å². The first kappa shape index (κ1) is 16.4. The van der Waals surface area contributed by atoms with E-state index in [4.69, 9.17) is 4.98 Å². The molecule has 0 spiro atoms. The molecule has 1 aromatic carbocycles. The Morgan fingerprint density at radius 3 is 2.73 bits per heavy atom. The molecule has 3 aromatic rings. The summed E-state index contributed by atoms with van der Waals surface area (Å²) in [6, 6.07) is 11.2. The van der Waals surface area contributed by atoms with Crippen LogP contribution in [0, 0.1) is 13.8 Å². The van der Waals surface area contributed by atoms with E-state index in [1.807, 2.05) is 55.1 Å². The Morgan fingerprint density at radius 1 is 1.19 bits per heavy atom. The molecule has 6 heteroatoms. The molecular weight excluding hydrogens is 326 g/mol. The first-order chi connectivity index (χ1) is 12.6. The topological polar surface area (TPSA) is 74.8 Å².